The third kappa shape index (κ3) is 2.14. The highest BCUT2D eigenvalue weighted by atomic mass is 16.5. The zero-order valence-corrected chi connectivity index (χ0v) is 12.3. The van der Waals surface area contributed by atoms with Crippen molar-refractivity contribution < 1.29 is 14.9 Å². The maximum Gasteiger partial charge on any atom is 0.290 e. The van der Waals surface area contributed by atoms with Crippen molar-refractivity contribution in [3.63, 3.8) is 0 Å². The molecule has 23 heavy (non-hydrogen) atoms. The Bertz CT molecular complexity index is 752. The lowest BCUT2D eigenvalue weighted by Crippen LogP contribution is -2.29. The number of nitrogens with zero attached hydrogens (tertiary/aromatic N) is 2. The number of aromatic nitrogens is 2. The van der Waals surface area contributed by atoms with Gasteiger partial charge in [-0.05, 0) is 18.3 Å². The van der Waals surface area contributed by atoms with Gasteiger partial charge in [0, 0.05) is 17.7 Å². The van der Waals surface area contributed by atoms with Crippen LogP contribution in [0.2, 0.25) is 0 Å². The van der Waals surface area contributed by atoms with Crippen molar-refractivity contribution in [1.82, 2.24) is 10.2 Å². The van der Waals surface area contributed by atoms with E-state index in [4.69, 9.17) is 11.2 Å². The maximum atomic E-state index is 11.8. The van der Waals surface area contributed by atoms with Crippen LogP contribution >= 0.6 is 0 Å². The smallest absolute Gasteiger partial charge is 0.290 e. The van der Waals surface area contributed by atoms with E-state index in [-0.39, 0.29) is 36.0 Å². The molecule has 7 atom stereocenters. The van der Waals surface area contributed by atoms with Gasteiger partial charge in [0.15, 0.2) is 0 Å². The van der Waals surface area contributed by atoms with E-state index < -0.39 is 18.1 Å². The number of fused-ring (bicyclic) bond motifs is 2. The van der Waals surface area contributed by atoms with Gasteiger partial charge in [0.05, 0.1) is 30.9 Å². The van der Waals surface area contributed by atoms with Gasteiger partial charge in [-0.15, -0.1) is 6.42 Å². The minimum absolute atomic E-state index is 0.137. The Morgan fingerprint density at radius 3 is 3.09 bits per heavy atom. The van der Waals surface area contributed by atoms with E-state index in [0.29, 0.717) is 12.1 Å². The van der Waals surface area contributed by atoms with E-state index in [1.165, 1.54) is 0 Å². The van der Waals surface area contributed by atoms with Crippen LogP contribution in [0.25, 0.3) is 0 Å². The molecule has 120 valence electrons. The van der Waals surface area contributed by atoms with Crippen LogP contribution in [0.4, 0.5) is 5.69 Å². The number of aliphatic hydroxyl groups excluding tert-OH is 2. The summed E-state index contributed by atoms with van der Waals surface area (Å²) in [6.45, 7) is -0.256. The van der Waals surface area contributed by atoms with Gasteiger partial charge in [0.1, 0.15) is 11.8 Å². The molecular formula is C16H17N3O4. The second-order valence-corrected chi connectivity index (χ2v) is 6.38. The Balaban J connectivity index is 1.59. The molecule has 1 aromatic heterocycles. The van der Waals surface area contributed by atoms with Crippen LogP contribution in [-0.4, -0.2) is 51.5 Å². The molecule has 1 aliphatic carbocycles. The fraction of sp³-hybridized carbons (Fsp3) is 0.562. The van der Waals surface area contributed by atoms with E-state index in [2.05, 4.69) is 21.1 Å². The molecule has 1 saturated heterocycles. The number of terminal acetylenes is 1. The summed E-state index contributed by atoms with van der Waals surface area (Å²) < 4.78 is 5.81. The number of ether oxygens (including phenoxy) is 1. The molecule has 4 rings (SSSR count). The number of rotatable bonds is 2. The highest BCUT2D eigenvalue weighted by molar-refractivity contribution is 5.72. The minimum atomic E-state index is -0.853. The lowest BCUT2D eigenvalue weighted by molar-refractivity contribution is -0.0293. The number of hydrogen-bond acceptors (Lipinski definition) is 6. The van der Waals surface area contributed by atoms with E-state index in [9.17, 15) is 15.0 Å². The number of aliphatic hydroxyl groups is 2. The average molecular weight is 315 g/mol. The molecule has 2 fully saturated rings. The predicted octanol–water partition coefficient (Wildman–Crippen LogP) is -0.740. The van der Waals surface area contributed by atoms with Crippen molar-refractivity contribution in [2.75, 3.05) is 6.61 Å². The number of aliphatic imine (C=N–C) groups is 1. The van der Waals surface area contributed by atoms with Crippen molar-refractivity contribution >= 4 is 11.9 Å². The van der Waals surface area contributed by atoms with Crippen LogP contribution in [-0.2, 0) is 11.2 Å². The Labute approximate surface area is 132 Å². The van der Waals surface area contributed by atoms with Gasteiger partial charge >= 0.3 is 0 Å². The summed E-state index contributed by atoms with van der Waals surface area (Å²) in [5.74, 6) is 2.72. The quantitative estimate of drug-likeness (QED) is 0.623. The van der Waals surface area contributed by atoms with Crippen LogP contribution in [0.3, 0.4) is 0 Å². The summed E-state index contributed by atoms with van der Waals surface area (Å²) in [5.41, 5.74) is 0.945. The van der Waals surface area contributed by atoms with Gasteiger partial charge in [-0.25, -0.2) is 5.10 Å². The minimum Gasteiger partial charge on any atom is -0.394 e. The molecule has 2 aliphatic heterocycles. The summed E-state index contributed by atoms with van der Waals surface area (Å²) in [4.78, 5) is 16.1. The molecule has 0 amide bonds. The Kier molecular flexibility index (Phi) is 3.34. The van der Waals surface area contributed by atoms with Crippen LogP contribution in [0.15, 0.2) is 16.0 Å². The fourth-order valence-corrected chi connectivity index (χ4v) is 3.97. The first-order valence-electron chi connectivity index (χ1n) is 7.67. The summed E-state index contributed by atoms with van der Waals surface area (Å²) in [6, 6.07) is 0. The first kappa shape index (κ1) is 14.6. The molecule has 3 aliphatic rings. The third-order valence-corrected chi connectivity index (χ3v) is 5.22. The van der Waals surface area contributed by atoms with Crippen LogP contribution in [0, 0.1) is 36.0 Å². The van der Waals surface area contributed by atoms with Crippen molar-refractivity contribution in [3.05, 3.63) is 22.1 Å². The van der Waals surface area contributed by atoms with Crippen LogP contribution < -0.4 is 5.56 Å². The summed E-state index contributed by atoms with van der Waals surface area (Å²) in [7, 11) is 0. The van der Waals surface area contributed by atoms with Gasteiger partial charge in [0.2, 0.25) is 0 Å². The molecule has 0 bridgehead atoms. The topological polar surface area (TPSA) is 108 Å². The second-order valence-electron chi connectivity index (χ2n) is 6.38. The summed E-state index contributed by atoms with van der Waals surface area (Å²) in [6.07, 6.45) is 7.85. The summed E-state index contributed by atoms with van der Waals surface area (Å²) >= 11 is 0. The van der Waals surface area contributed by atoms with E-state index in [1.807, 2.05) is 0 Å². The second kappa shape index (κ2) is 5.27. The first-order valence-corrected chi connectivity index (χ1v) is 7.67. The fourth-order valence-electron chi connectivity index (χ4n) is 3.97. The molecule has 0 spiro atoms. The zero-order chi connectivity index (χ0) is 16.1. The summed E-state index contributed by atoms with van der Waals surface area (Å²) in [5, 5.41) is 25.7. The largest absolute Gasteiger partial charge is 0.394 e. The Hall–Kier alpha value is -2.01. The van der Waals surface area contributed by atoms with Gasteiger partial charge in [-0.1, -0.05) is 5.92 Å². The predicted molar refractivity (Wildman–Crippen MR) is 81.3 cm³/mol. The maximum absolute atomic E-state index is 11.8. The van der Waals surface area contributed by atoms with Gasteiger partial charge < -0.3 is 14.9 Å². The van der Waals surface area contributed by atoms with Crippen LogP contribution in [0.5, 0.6) is 0 Å². The zero-order valence-electron chi connectivity index (χ0n) is 12.3. The third-order valence-electron chi connectivity index (χ3n) is 5.22. The van der Waals surface area contributed by atoms with E-state index >= 15 is 0 Å². The SMILES string of the molecule is C#C[C@@H]1[C@H](O)[C@@H](CO)O[C@H]1C1[C@H]2C=Nc3c(cn[nH]c3=O)C[C@@H]12. The van der Waals surface area contributed by atoms with Crippen molar-refractivity contribution in [2.24, 2.45) is 28.7 Å². The molecule has 3 N–H and O–H groups in total. The molecule has 1 aromatic rings. The van der Waals surface area contributed by atoms with Gasteiger partial charge in [-0.3, -0.25) is 9.79 Å². The molecule has 0 radical (unpaired) electrons. The number of nitrogens with one attached hydrogen (secondary N) is 1. The number of hydrogen-bond donors (Lipinski definition) is 3. The highest BCUT2D eigenvalue weighted by Crippen LogP contribution is 2.55. The molecule has 0 aromatic carbocycles. The first-order chi connectivity index (χ1) is 11.2. The lowest BCUT2D eigenvalue weighted by Gasteiger charge is -2.15. The Morgan fingerprint density at radius 2 is 2.35 bits per heavy atom. The monoisotopic (exact) mass is 315 g/mol. The van der Waals surface area contributed by atoms with Gasteiger partial charge in [0.25, 0.3) is 5.56 Å². The number of aromatic amines is 1. The number of H-pyrrole nitrogens is 1. The molecule has 7 heteroatoms. The van der Waals surface area contributed by atoms with Crippen molar-refractivity contribution in [3.8, 4) is 12.3 Å². The molecule has 7 nitrogen and oxygen atoms in total. The molecule has 3 heterocycles. The van der Waals surface area contributed by atoms with Crippen LogP contribution in [0.1, 0.15) is 5.56 Å². The Morgan fingerprint density at radius 1 is 1.52 bits per heavy atom. The van der Waals surface area contributed by atoms with Crippen molar-refractivity contribution in [2.45, 2.75) is 24.7 Å². The van der Waals surface area contributed by atoms with Crippen molar-refractivity contribution in [1.29, 1.82) is 0 Å². The van der Waals surface area contributed by atoms with Gasteiger partial charge in [-0.2, -0.15) is 5.10 Å². The normalized spacial score (nSPS) is 40.8. The molecule has 1 saturated carbocycles. The molecule has 1 unspecified atom stereocenters. The van der Waals surface area contributed by atoms with E-state index in [1.54, 1.807) is 12.4 Å². The highest BCUT2D eigenvalue weighted by Gasteiger charge is 2.60. The average Bonchev–Trinajstić information content (AvgIpc) is 3.16. The standard InChI is InChI=1S/C16H17N3O4/c1-2-8-14(21)11(6-20)23-15(8)12-9-3-7-4-18-19-16(22)13(7)17-5-10(9)12/h1,4-5,8-12,14-15,20-21H,3,6H2,(H,19,22)/t8-,9-,10+,11-,12?,14+,15-/m1/s1. The lowest BCUT2D eigenvalue weighted by atomic mass is 9.92. The molecular weight excluding hydrogens is 298 g/mol. The van der Waals surface area contributed by atoms with E-state index in [0.717, 1.165) is 5.56 Å².